The molecule has 1 N–H and O–H groups in total. The molecule has 0 aliphatic carbocycles. The molecule has 0 unspecified atom stereocenters. The Hall–Kier alpha value is -1.26. The van der Waals surface area contributed by atoms with Gasteiger partial charge in [-0.25, -0.2) is 0 Å². The fourth-order valence-corrected chi connectivity index (χ4v) is 1.45. The van der Waals surface area contributed by atoms with E-state index in [0.29, 0.717) is 18.8 Å². The van der Waals surface area contributed by atoms with Crippen LogP contribution in [0.4, 0.5) is 0 Å². The third-order valence-electron chi connectivity index (χ3n) is 2.48. The van der Waals surface area contributed by atoms with Crippen molar-refractivity contribution >= 4 is 5.78 Å². The summed E-state index contributed by atoms with van der Waals surface area (Å²) in [5.74, 6) is -0.0614. The highest BCUT2D eigenvalue weighted by molar-refractivity contribution is 6.01. The van der Waals surface area contributed by atoms with Crippen LogP contribution in [-0.4, -0.2) is 35.7 Å². The van der Waals surface area contributed by atoms with E-state index in [1.807, 2.05) is 0 Å². The Morgan fingerprint density at radius 1 is 1.50 bits per heavy atom. The van der Waals surface area contributed by atoms with Crippen molar-refractivity contribution in [3.63, 3.8) is 0 Å². The molecule has 2 rings (SSSR count). The highest BCUT2D eigenvalue weighted by Crippen LogP contribution is 2.30. The van der Waals surface area contributed by atoms with Crippen molar-refractivity contribution in [2.24, 2.45) is 5.41 Å². The second-order valence-electron chi connectivity index (χ2n) is 3.50. The molecule has 1 aromatic rings. The molecule has 4 heteroatoms. The van der Waals surface area contributed by atoms with Gasteiger partial charge in [-0.15, -0.1) is 0 Å². The zero-order valence-electron chi connectivity index (χ0n) is 7.64. The van der Waals surface area contributed by atoms with Gasteiger partial charge in [-0.2, -0.15) is 0 Å². The van der Waals surface area contributed by atoms with Crippen LogP contribution in [0.3, 0.4) is 0 Å². The van der Waals surface area contributed by atoms with Crippen LogP contribution in [0.5, 0.6) is 0 Å². The molecule has 2 heterocycles. The Morgan fingerprint density at radius 2 is 2.14 bits per heavy atom. The van der Waals surface area contributed by atoms with Crippen molar-refractivity contribution in [3.05, 3.63) is 30.1 Å². The molecule has 0 saturated carbocycles. The lowest BCUT2D eigenvalue weighted by molar-refractivity contribution is -0.109. The minimum Gasteiger partial charge on any atom is -0.395 e. The molecular weight excluding hydrogens is 182 g/mol. The summed E-state index contributed by atoms with van der Waals surface area (Å²) >= 11 is 0. The van der Waals surface area contributed by atoms with E-state index in [9.17, 15) is 4.79 Å². The minimum atomic E-state index is -0.707. The van der Waals surface area contributed by atoms with Gasteiger partial charge < -0.3 is 9.84 Å². The number of rotatable bonds is 3. The summed E-state index contributed by atoms with van der Waals surface area (Å²) in [4.78, 5) is 15.7. The largest absolute Gasteiger partial charge is 0.395 e. The molecule has 4 nitrogen and oxygen atoms in total. The smallest absolute Gasteiger partial charge is 0.176 e. The Bertz CT molecular complexity index is 327. The van der Waals surface area contributed by atoms with Gasteiger partial charge in [-0.1, -0.05) is 0 Å². The molecule has 1 aromatic heterocycles. The van der Waals surface area contributed by atoms with Crippen LogP contribution < -0.4 is 0 Å². The molecule has 14 heavy (non-hydrogen) atoms. The van der Waals surface area contributed by atoms with Crippen LogP contribution in [0.1, 0.15) is 10.4 Å². The van der Waals surface area contributed by atoms with Crippen LogP contribution >= 0.6 is 0 Å². The van der Waals surface area contributed by atoms with Gasteiger partial charge >= 0.3 is 0 Å². The van der Waals surface area contributed by atoms with E-state index in [4.69, 9.17) is 9.84 Å². The van der Waals surface area contributed by atoms with E-state index >= 15 is 0 Å². The predicted molar refractivity (Wildman–Crippen MR) is 48.9 cm³/mol. The number of hydrogen-bond acceptors (Lipinski definition) is 4. The Labute approximate surface area is 81.5 Å². The van der Waals surface area contributed by atoms with Gasteiger partial charge in [0.2, 0.25) is 0 Å². The summed E-state index contributed by atoms with van der Waals surface area (Å²) in [6, 6.07) is 3.30. The lowest BCUT2D eigenvalue weighted by atomic mass is 9.79. The maximum Gasteiger partial charge on any atom is 0.176 e. The Kier molecular flexibility index (Phi) is 2.31. The number of carbonyl (C=O) groups excluding carboxylic acids is 1. The third kappa shape index (κ3) is 1.32. The quantitative estimate of drug-likeness (QED) is 0.700. The molecule has 1 aliphatic rings. The van der Waals surface area contributed by atoms with Crippen LogP contribution in [-0.2, 0) is 4.74 Å². The number of aromatic nitrogens is 1. The zero-order valence-corrected chi connectivity index (χ0v) is 7.64. The summed E-state index contributed by atoms with van der Waals surface area (Å²) < 4.78 is 4.98. The zero-order chi connectivity index (χ0) is 10.0. The fourth-order valence-electron chi connectivity index (χ4n) is 1.45. The van der Waals surface area contributed by atoms with Crippen molar-refractivity contribution in [3.8, 4) is 0 Å². The Balaban J connectivity index is 2.23. The highest BCUT2D eigenvalue weighted by atomic mass is 16.5. The normalized spacial score (nSPS) is 18.6. The average molecular weight is 193 g/mol. The number of aliphatic hydroxyl groups excluding tert-OH is 1. The summed E-state index contributed by atoms with van der Waals surface area (Å²) in [7, 11) is 0. The third-order valence-corrected chi connectivity index (χ3v) is 2.48. The first-order valence-corrected chi connectivity index (χ1v) is 4.42. The predicted octanol–water partition coefficient (Wildman–Crippen LogP) is 0.273. The minimum absolute atomic E-state index is 0.0614. The number of ether oxygens (including phenoxy) is 1. The fraction of sp³-hybridized carbons (Fsp3) is 0.400. The first-order valence-electron chi connectivity index (χ1n) is 4.42. The standard InChI is InChI=1S/C10H11NO3/c12-5-10(6-14-7-10)9(13)8-1-3-11-4-2-8/h1-4,12H,5-7H2. The maximum absolute atomic E-state index is 11.9. The van der Waals surface area contributed by atoms with Gasteiger partial charge in [0.1, 0.15) is 5.41 Å². The lowest BCUT2D eigenvalue weighted by Gasteiger charge is -2.38. The number of aliphatic hydroxyl groups is 1. The van der Waals surface area contributed by atoms with E-state index in [1.54, 1.807) is 24.5 Å². The molecule has 74 valence electrons. The molecule has 0 atom stereocenters. The van der Waals surface area contributed by atoms with Crippen molar-refractivity contribution in [2.75, 3.05) is 19.8 Å². The molecule has 1 aliphatic heterocycles. The van der Waals surface area contributed by atoms with Crippen LogP contribution in [0.15, 0.2) is 24.5 Å². The first kappa shape index (κ1) is 9.30. The van der Waals surface area contributed by atoms with Crippen molar-refractivity contribution < 1.29 is 14.6 Å². The number of hydrogen-bond donors (Lipinski definition) is 1. The first-order chi connectivity index (χ1) is 6.78. The van der Waals surface area contributed by atoms with Crippen LogP contribution in [0, 0.1) is 5.41 Å². The molecule has 1 saturated heterocycles. The van der Waals surface area contributed by atoms with E-state index in [0.717, 1.165) is 0 Å². The summed E-state index contributed by atoms with van der Waals surface area (Å²) in [5, 5.41) is 9.15. The SMILES string of the molecule is O=C(c1ccncc1)C1(CO)COC1. The molecule has 1 fully saturated rings. The van der Waals surface area contributed by atoms with Gasteiger partial charge in [0.15, 0.2) is 5.78 Å². The van der Waals surface area contributed by atoms with Crippen molar-refractivity contribution in [1.29, 1.82) is 0 Å². The summed E-state index contributed by atoms with van der Waals surface area (Å²) in [6.07, 6.45) is 3.13. The van der Waals surface area contributed by atoms with E-state index < -0.39 is 5.41 Å². The summed E-state index contributed by atoms with van der Waals surface area (Å²) in [6.45, 7) is 0.462. The monoisotopic (exact) mass is 193 g/mol. The van der Waals surface area contributed by atoms with E-state index in [-0.39, 0.29) is 12.4 Å². The van der Waals surface area contributed by atoms with Gasteiger partial charge in [0.05, 0.1) is 19.8 Å². The lowest BCUT2D eigenvalue weighted by Crippen LogP contribution is -2.51. The van der Waals surface area contributed by atoms with Gasteiger partial charge in [-0.3, -0.25) is 9.78 Å². The average Bonchev–Trinajstić information content (AvgIpc) is 2.18. The molecule has 0 radical (unpaired) electrons. The molecule has 0 spiro atoms. The van der Waals surface area contributed by atoms with E-state index in [2.05, 4.69) is 4.98 Å². The number of Topliss-reactive ketones (excluding diaryl/α,β-unsaturated/α-hetero) is 1. The second-order valence-corrected chi connectivity index (χ2v) is 3.50. The topological polar surface area (TPSA) is 59.4 Å². The molecule has 0 amide bonds. The number of pyridine rings is 1. The van der Waals surface area contributed by atoms with Gasteiger partial charge in [-0.05, 0) is 12.1 Å². The van der Waals surface area contributed by atoms with E-state index in [1.165, 1.54) is 0 Å². The van der Waals surface area contributed by atoms with Crippen molar-refractivity contribution in [1.82, 2.24) is 4.98 Å². The van der Waals surface area contributed by atoms with Crippen LogP contribution in [0.2, 0.25) is 0 Å². The number of ketones is 1. The van der Waals surface area contributed by atoms with Gasteiger partial charge in [0, 0.05) is 18.0 Å². The van der Waals surface area contributed by atoms with Gasteiger partial charge in [0.25, 0.3) is 0 Å². The Morgan fingerprint density at radius 3 is 2.57 bits per heavy atom. The molecular formula is C10H11NO3. The second kappa shape index (κ2) is 3.48. The molecule has 0 aromatic carbocycles. The number of carbonyl (C=O) groups is 1. The van der Waals surface area contributed by atoms with Crippen LogP contribution in [0.25, 0.3) is 0 Å². The van der Waals surface area contributed by atoms with Crippen molar-refractivity contribution in [2.45, 2.75) is 0 Å². The maximum atomic E-state index is 11.9. The highest BCUT2D eigenvalue weighted by Gasteiger charge is 2.45. The molecule has 0 bridgehead atoms. The number of nitrogens with zero attached hydrogens (tertiary/aromatic N) is 1. The summed E-state index contributed by atoms with van der Waals surface area (Å²) in [5.41, 5.74) is -0.126.